The van der Waals surface area contributed by atoms with Crippen molar-refractivity contribution in [2.45, 2.75) is 38.4 Å². The van der Waals surface area contributed by atoms with Crippen LogP contribution >= 0.6 is 23.5 Å². The van der Waals surface area contributed by atoms with E-state index in [0.717, 1.165) is 10.9 Å². The molecule has 11 N–H and O–H groups in total. The SMILES string of the molecule is Cc1ccc2ccn(C3OC(C)C(O)C3O)c(=O)c2c1.O=P(O)(O)O.O=P(O)(O)O.O=P(O)(O)O. The minimum Gasteiger partial charge on any atom is -0.388 e. The van der Waals surface area contributed by atoms with Crippen molar-refractivity contribution in [3.8, 4) is 0 Å². The molecule has 1 aliphatic rings. The molecular weight excluding hydrogens is 543 g/mol. The third kappa shape index (κ3) is 15.4. The lowest BCUT2D eigenvalue weighted by atomic mass is 10.1. The Morgan fingerprint density at radius 2 is 1.23 bits per heavy atom. The maximum absolute atomic E-state index is 12.5. The van der Waals surface area contributed by atoms with Gasteiger partial charge in [0.1, 0.15) is 12.2 Å². The standard InChI is InChI=1S/C15H17NO4.3H3O4P/c1-8-3-4-10-5-6-16(14(19)11(10)7-8)15-13(18)12(17)9(2)20-15;3*1-5(2,3)4/h3-7,9,12-13,15,17-18H,1-2H3;3*(H3,1,2,3,4). The number of hydrogen-bond donors (Lipinski definition) is 11. The van der Waals surface area contributed by atoms with Crippen molar-refractivity contribution in [2.24, 2.45) is 0 Å². The van der Waals surface area contributed by atoms with E-state index in [1.807, 2.05) is 31.2 Å². The van der Waals surface area contributed by atoms with Crippen LogP contribution in [0.15, 0.2) is 35.3 Å². The summed E-state index contributed by atoms with van der Waals surface area (Å²) in [6.07, 6.45) is -1.85. The molecule has 0 radical (unpaired) electrons. The summed E-state index contributed by atoms with van der Waals surface area (Å²) in [5.74, 6) is 0. The number of fused-ring (bicyclic) bond motifs is 1. The molecule has 17 nitrogen and oxygen atoms in total. The van der Waals surface area contributed by atoms with Crippen molar-refractivity contribution < 1.29 is 72.7 Å². The van der Waals surface area contributed by atoms with Crippen LogP contribution in [0, 0.1) is 6.92 Å². The molecule has 1 fully saturated rings. The van der Waals surface area contributed by atoms with Gasteiger partial charge in [-0.3, -0.25) is 9.36 Å². The van der Waals surface area contributed by atoms with Crippen molar-refractivity contribution in [1.29, 1.82) is 0 Å². The van der Waals surface area contributed by atoms with Crippen LogP contribution in [0.25, 0.3) is 10.8 Å². The highest BCUT2D eigenvalue weighted by atomic mass is 31.2. The topological polar surface area (TPSA) is 305 Å². The second kappa shape index (κ2) is 13.3. The number of nitrogens with zero attached hydrogens (tertiary/aromatic N) is 1. The van der Waals surface area contributed by atoms with Gasteiger partial charge in [0.15, 0.2) is 6.23 Å². The maximum Gasteiger partial charge on any atom is 0.466 e. The summed E-state index contributed by atoms with van der Waals surface area (Å²) in [6.45, 7) is 3.59. The van der Waals surface area contributed by atoms with E-state index in [4.69, 9.17) is 62.5 Å². The van der Waals surface area contributed by atoms with Crippen LogP contribution in [-0.4, -0.2) is 77.1 Å². The number of aliphatic hydroxyl groups is 2. The zero-order valence-electron chi connectivity index (χ0n) is 17.9. The number of benzene rings is 1. The first-order chi connectivity index (χ1) is 15.5. The fourth-order valence-electron chi connectivity index (χ4n) is 2.63. The van der Waals surface area contributed by atoms with Crippen molar-refractivity contribution >= 4 is 34.2 Å². The normalized spacial score (nSPS) is 22.2. The summed E-state index contributed by atoms with van der Waals surface area (Å²) in [7, 11) is -13.9. The van der Waals surface area contributed by atoms with Gasteiger partial charge in [0.05, 0.1) is 6.10 Å². The van der Waals surface area contributed by atoms with Gasteiger partial charge in [-0.15, -0.1) is 0 Å². The monoisotopic (exact) mass is 569 g/mol. The number of aromatic nitrogens is 1. The van der Waals surface area contributed by atoms with Gasteiger partial charge >= 0.3 is 23.5 Å². The molecule has 2 aromatic rings. The van der Waals surface area contributed by atoms with E-state index in [1.165, 1.54) is 4.57 Å². The van der Waals surface area contributed by atoms with Gasteiger partial charge in [-0.05, 0) is 31.4 Å². The minimum atomic E-state index is -4.64. The molecule has 0 aliphatic carbocycles. The second-order valence-electron chi connectivity index (χ2n) is 6.87. The second-order valence-corrected chi connectivity index (χ2v) is 9.95. The summed E-state index contributed by atoms with van der Waals surface area (Å²) in [5.41, 5.74) is 0.769. The largest absolute Gasteiger partial charge is 0.466 e. The molecule has 0 spiro atoms. The zero-order valence-corrected chi connectivity index (χ0v) is 20.6. The van der Waals surface area contributed by atoms with Crippen LogP contribution in [-0.2, 0) is 18.4 Å². The van der Waals surface area contributed by atoms with Crippen molar-refractivity contribution in [3.63, 3.8) is 0 Å². The summed E-state index contributed by atoms with van der Waals surface area (Å²) < 4.78 is 33.5. The van der Waals surface area contributed by atoms with Crippen LogP contribution in [0.2, 0.25) is 0 Å². The molecule has 0 bridgehead atoms. The highest BCUT2D eigenvalue weighted by Crippen LogP contribution is 2.29. The molecule has 1 saturated heterocycles. The van der Waals surface area contributed by atoms with E-state index in [0.29, 0.717) is 5.39 Å². The zero-order chi connectivity index (χ0) is 27.9. The molecule has 20 heteroatoms. The summed E-state index contributed by atoms with van der Waals surface area (Å²) in [5, 5.41) is 21.2. The minimum absolute atomic E-state index is 0.225. The van der Waals surface area contributed by atoms with Gasteiger partial charge in [0, 0.05) is 11.6 Å². The van der Waals surface area contributed by atoms with E-state index in [-0.39, 0.29) is 5.56 Å². The summed E-state index contributed by atoms with van der Waals surface area (Å²) in [4.78, 5) is 77.2. The number of aryl methyl sites for hydroxylation is 1. The first-order valence-corrected chi connectivity index (χ1v) is 13.7. The van der Waals surface area contributed by atoms with Gasteiger partial charge in [-0.2, -0.15) is 0 Å². The third-order valence-corrected chi connectivity index (χ3v) is 3.84. The van der Waals surface area contributed by atoms with Gasteiger partial charge < -0.3 is 59.0 Å². The van der Waals surface area contributed by atoms with E-state index in [1.54, 1.807) is 13.1 Å². The Morgan fingerprint density at radius 3 is 1.60 bits per heavy atom. The van der Waals surface area contributed by atoms with Crippen molar-refractivity contribution in [3.05, 3.63) is 46.4 Å². The Labute approximate surface area is 196 Å². The van der Waals surface area contributed by atoms with Crippen LogP contribution in [0.4, 0.5) is 0 Å². The molecule has 35 heavy (non-hydrogen) atoms. The third-order valence-electron chi connectivity index (χ3n) is 3.84. The molecule has 4 unspecified atom stereocenters. The molecule has 1 aliphatic heterocycles. The Morgan fingerprint density at radius 1 is 0.800 bits per heavy atom. The number of phosphoric acid groups is 3. The lowest BCUT2D eigenvalue weighted by molar-refractivity contribution is -0.0339. The van der Waals surface area contributed by atoms with Crippen LogP contribution in [0.1, 0.15) is 18.7 Å². The van der Waals surface area contributed by atoms with E-state index >= 15 is 0 Å². The molecule has 4 atom stereocenters. The highest BCUT2D eigenvalue weighted by molar-refractivity contribution is 7.45. The average Bonchev–Trinajstić information content (AvgIpc) is 2.86. The summed E-state index contributed by atoms with van der Waals surface area (Å²) >= 11 is 0. The average molecular weight is 569 g/mol. The molecule has 0 amide bonds. The van der Waals surface area contributed by atoms with E-state index in [9.17, 15) is 15.0 Å². The number of rotatable bonds is 1. The molecule has 0 saturated carbocycles. The number of hydrogen-bond acceptors (Lipinski definition) is 7. The highest BCUT2D eigenvalue weighted by Gasteiger charge is 2.41. The smallest absolute Gasteiger partial charge is 0.388 e. The number of pyridine rings is 1. The van der Waals surface area contributed by atoms with Gasteiger partial charge in [0.2, 0.25) is 0 Å². The van der Waals surface area contributed by atoms with Gasteiger partial charge in [-0.1, -0.05) is 17.7 Å². The van der Waals surface area contributed by atoms with Crippen LogP contribution < -0.4 is 5.56 Å². The lowest BCUT2D eigenvalue weighted by Crippen LogP contribution is -2.34. The van der Waals surface area contributed by atoms with Crippen molar-refractivity contribution in [2.75, 3.05) is 0 Å². The molecular formula is C15H26NO16P3. The molecule has 2 heterocycles. The Kier molecular flexibility index (Phi) is 12.7. The fourth-order valence-corrected chi connectivity index (χ4v) is 2.63. The lowest BCUT2D eigenvalue weighted by Gasteiger charge is -2.18. The van der Waals surface area contributed by atoms with E-state index < -0.39 is 48.0 Å². The molecule has 3 rings (SSSR count). The predicted molar refractivity (Wildman–Crippen MR) is 117 cm³/mol. The first kappa shape index (κ1) is 33.6. The molecule has 202 valence electrons. The molecule has 1 aromatic carbocycles. The maximum atomic E-state index is 12.5. The summed E-state index contributed by atoms with van der Waals surface area (Å²) in [6, 6.07) is 7.45. The van der Waals surface area contributed by atoms with E-state index in [2.05, 4.69) is 0 Å². The van der Waals surface area contributed by atoms with Gasteiger partial charge in [0.25, 0.3) is 5.56 Å². The predicted octanol–water partition coefficient (Wildman–Crippen LogP) is -1.84. The molecule has 1 aromatic heterocycles. The fraction of sp³-hybridized carbons (Fsp3) is 0.400. The van der Waals surface area contributed by atoms with Crippen LogP contribution in [0.5, 0.6) is 0 Å². The van der Waals surface area contributed by atoms with Gasteiger partial charge in [-0.25, -0.2) is 13.7 Å². The Bertz CT molecular complexity index is 1090. The quantitative estimate of drug-likeness (QED) is 0.168. The number of ether oxygens (including phenoxy) is 1. The number of aliphatic hydroxyl groups excluding tert-OH is 2. The Balaban J connectivity index is 0.000000635. The van der Waals surface area contributed by atoms with Crippen molar-refractivity contribution in [1.82, 2.24) is 4.57 Å². The first-order valence-electron chi connectivity index (χ1n) is 8.97. The van der Waals surface area contributed by atoms with Crippen LogP contribution in [0.3, 0.4) is 0 Å². The Hall–Kier alpha value is -1.36.